The summed E-state index contributed by atoms with van der Waals surface area (Å²) in [5, 5.41) is 26.3. The van der Waals surface area contributed by atoms with Gasteiger partial charge in [-0.2, -0.15) is 15.6 Å². The number of hydrogen-bond acceptors (Lipinski definition) is 5. The molecule has 33 heavy (non-hydrogen) atoms. The van der Waals surface area contributed by atoms with Crippen molar-refractivity contribution >= 4 is 40.4 Å². The minimum absolute atomic E-state index is 0.229. The molecule has 0 unspecified atom stereocenters. The van der Waals surface area contributed by atoms with Gasteiger partial charge in [-0.3, -0.25) is 4.79 Å². The van der Waals surface area contributed by atoms with Crippen molar-refractivity contribution in [1.82, 2.24) is 15.1 Å². The van der Waals surface area contributed by atoms with E-state index in [1.54, 1.807) is 22.9 Å². The van der Waals surface area contributed by atoms with Gasteiger partial charge in [0.1, 0.15) is 5.54 Å². The summed E-state index contributed by atoms with van der Waals surface area (Å²) in [4.78, 5) is 14.7. The van der Waals surface area contributed by atoms with Crippen LogP contribution < -0.4 is 5.32 Å². The molecule has 2 heterocycles. The van der Waals surface area contributed by atoms with Crippen LogP contribution in [0.3, 0.4) is 0 Å². The summed E-state index contributed by atoms with van der Waals surface area (Å²) in [7, 11) is 0. The third-order valence-electron chi connectivity index (χ3n) is 5.20. The summed E-state index contributed by atoms with van der Waals surface area (Å²) >= 11 is 14.0. The van der Waals surface area contributed by atoms with Crippen molar-refractivity contribution in [3.05, 3.63) is 56.5 Å². The first kappa shape index (κ1) is 22.9. The molecule has 1 amide bonds. The van der Waals surface area contributed by atoms with E-state index in [2.05, 4.69) is 34.4 Å². The predicted molar refractivity (Wildman–Crippen MR) is 128 cm³/mol. The molecule has 1 aliphatic rings. The first-order valence-electron chi connectivity index (χ1n) is 10.1. The molecule has 0 radical (unpaired) electrons. The molecule has 0 spiro atoms. The normalized spacial score (nSPS) is 13.4. The minimum atomic E-state index is -0.805. The van der Waals surface area contributed by atoms with Gasteiger partial charge in [-0.15, -0.1) is 11.3 Å². The van der Waals surface area contributed by atoms with Crippen molar-refractivity contribution in [2.45, 2.75) is 38.1 Å². The average molecular weight is 494 g/mol. The molecular weight excluding hydrogens is 477 g/mol. The molecule has 1 N–H and O–H groups in total. The van der Waals surface area contributed by atoms with E-state index in [1.807, 2.05) is 19.1 Å². The third kappa shape index (κ3) is 4.75. The van der Waals surface area contributed by atoms with Crippen molar-refractivity contribution in [3.8, 4) is 40.2 Å². The van der Waals surface area contributed by atoms with Gasteiger partial charge in [0.25, 0.3) is 5.91 Å². The van der Waals surface area contributed by atoms with Crippen molar-refractivity contribution in [1.29, 1.82) is 10.5 Å². The van der Waals surface area contributed by atoms with Crippen LogP contribution in [0, 0.1) is 41.4 Å². The number of thiophene rings is 1. The Morgan fingerprint density at radius 2 is 2.03 bits per heavy atom. The lowest BCUT2D eigenvalue weighted by molar-refractivity contribution is 0.0935. The molecule has 0 aliphatic heterocycles. The fourth-order valence-electron chi connectivity index (χ4n) is 3.29. The molecule has 3 aromatic rings. The number of nitrogens with zero attached hydrogens (tertiary/aromatic N) is 4. The second kappa shape index (κ2) is 9.30. The van der Waals surface area contributed by atoms with E-state index in [0.29, 0.717) is 52.7 Å². The Morgan fingerprint density at radius 3 is 2.70 bits per heavy atom. The van der Waals surface area contributed by atoms with Crippen LogP contribution in [0.5, 0.6) is 0 Å². The number of amides is 1. The SMILES string of the molecule is Cc1c(C(=O)NC2(C#N)CC2)nn(-c2ccc(Cl)cc2Cl)c1-c1ccc(C#CCCC#N)s1. The van der Waals surface area contributed by atoms with E-state index in [4.69, 9.17) is 28.5 Å². The zero-order chi connectivity index (χ0) is 23.6. The smallest absolute Gasteiger partial charge is 0.273 e. The zero-order valence-corrected chi connectivity index (χ0v) is 19.9. The lowest BCUT2D eigenvalue weighted by atomic mass is 10.1. The number of carbonyl (C=O) groups is 1. The van der Waals surface area contributed by atoms with Crippen molar-refractivity contribution in [2.75, 3.05) is 0 Å². The number of unbranched alkanes of at least 4 members (excludes halogenated alkanes) is 1. The average Bonchev–Trinajstić information content (AvgIpc) is 3.26. The molecule has 9 heteroatoms. The number of hydrogen-bond donors (Lipinski definition) is 1. The highest BCUT2D eigenvalue weighted by Crippen LogP contribution is 2.38. The van der Waals surface area contributed by atoms with Crippen LogP contribution in [0.15, 0.2) is 30.3 Å². The Kier molecular flexibility index (Phi) is 6.45. The fraction of sp³-hybridized carbons (Fsp3) is 0.250. The summed E-state index contributed by atoms with van der Waals surface area (Å²) in [5.74, 6) is 5.67. The summed E-state index contributed by atoms with van der Waals surface area (Å²) in [6.45, 7) is 1.82. The number of carbonyl (C=O) groups excluding carboxylic acids is 1. The molecule has 1 saturated carbocycles. The van der Waals surface area contributed by atoms with Gasteiger partial charge in [0.05, 0.1) is 38.3 Å². The van der Waals surface area contributed by atoms with Gasteiger partial charge in [0, 0.05) is 23.4 Å². The highest BCUT2D eigenvalue weighted by Gasteiger charge is 2.45. The maximum atomic E-state index is 13.0. The topological polar surface area (TPSA) is 94.5 Å². The Morgan fingerprint density at radius 1 is 1.24 bits per heavy atom. The fourth-order valence-corrected chi connectivity index (χ4v) is 4.75. The van der Waals surface area contributed by atoms with Crippen molar-refractivity contribution in [3.63, 3.8) is 0 Å². The van der Waals surface area contributed by atoms with Crippen LogP contribution in [0.4, 0.5) is 0 Å². The monoisotopic (exact) mass is 493 g/mol. The largest absolute Gasteiger partial charge is 0.332 e. The van der Waals surface area contributed by atoms with E-state index in [0.717, 1.165) is 9.75 Å². The first-order valence-corrected chi connectivity index (χ1v) is 11.7. The van der Waals surface area contributed by atoms with Gasteiger partial charge >= 0.3 is 0 Å². The van der Waals surface area contributed by atoms with Gasteiger partial charge < -0.3 is 5.32 Å². The second-order valence-corrected chi connectivity index (χ2v) is 9.53. The number of rotatable bonds is 5. The number of aromatic nitrogens is 2. The number of nitriles is 2. The summed E-state index contributed by atoms with van der Waals surface area (Å²) in [6.07, 6.45) is 2.15. The molecule has 6 nitrogen and oxygen atoms in total. The number of nitrogens with one attached hydrogen (secondary N) is 1. The summed E-state index contributed by atoms with van der Waals surface area (Å²) < 4.78 is 1.63. The lowest BCUT2D eigenvalue weighted by Gasteiger charge is -2.09. The van der Waals surface area contributed by atoms with Gasteiger partial charge in [0.2, 0.25) is 0 Å². The van der Waals surface area contributed by atoms with Crippen LogP contribution in [0.1, 0.15) is 46.6 Å². The standard InChI is InChI=1S/C24H17Cl2N5OS/c1-15-21(23(32)29-24(14-28)10-11-24)30-31(19-8-6-16(25)13-18(19)26)22(15)20-9-7-17(33-20)5-3-2-4-12-27/h6-9,13H,2,4,10-11H2,1H3,(H,29,32). The number of halogens is 2. The quantitative estimate of drug-likeness (QED) is 0.366. The predicted octanol–water partition coefficient (Wildman–Crippen LogP) is 5.66. The maximum Gasteiger partial charge on any atom is 0.273 e. The van der Waals surface area contributed by atoms with E-state index < -0.39 is 11.4 Å². The molecular formula is C24H17Cl2N5OS. The minimum Gasteiger partial charge on any atom is -0.332 e. The van der Waals surface area contributed by atoms with E-state index in [1.165, 1.54) is 11.3 Å². The summed E-state index contributed by atoms with van der Waals surface area (Å²) in [6, 6.07) is 13.1. The molecule has 164 valence electrons. The second-order valence-electron chi connectivity index (χ2n) is 7.60. The summed E-state index contributed by atoms with van der Waals surface area (Å²) in [5.41, 5.74) is 1.38. The van der Waals surface area contributed by atoms with Gasteiger partial charge in [0.15, 0.2) is 5.69 Å². The highest BCUT2D eigenvalue weighted by atomic mass is 35.5. The zero-order valence-electron chi connectivity index (χ0n) is 17.6. The molecule has 1 aliphatic carbocycles. The Balaban J connectivity index is 1.79. The van der Waals surface area contributed by atoms with Crippen LogP contribution in [0.25, 0.3) is 16.3 Å². The van der Waals surface area contributed by atoms with Gasteiger partial charge in [-0.25, -0.2) is 4.68 Å². The molecule has 2 aromatic heterocycles. The third-order valence-corrected chi connectivity index (χ3v) is 6.75. The van der Waals surface area contributed by atoms with E-state index in [-0.39, 0.29) is 5.69 Å². The van der Waals surface area contributed by atoms with E-state index in [9.17, 15) is 10.1 Å². The molecule has 1 aromatic carbocycles. The van der Waals surface area contributed by atoms with E-state index >= 15 is 0 Å². The van der Waals surface area contributed by atoms with Crippen molar-refractivity contribution < 1.29 is 4.79 Å². The molecule has 0 bridgehead atoms. The molecule has 4 rings (SSSR count). The first-order chi connectivity index (χ1) is 15.9. The molecule has 0 saturated heterocycles. The Hall–Kier alpha value is -3.28. The van der Waals surface area contributed by atoms with Crippen LogP contribution in [0.2, 0.25) is 10.0 Å². The Labute approximate surface area is 205 Å². The van der Waals surface area contributed by atoms with Crippen LogP contribution in [-0.2, 0) is 0 Å². The van der Waals surface area contributed by atoms with Crippen LogP contribution >= 0.6 is 34.5 Å². The lowest BCUT2D eigenvalue weighted by Crippen LogP contribution is -2.36. The Bertz CT molecular complexity index is 1390. The number of benzene rings is 1. The maximum absolute atomic E-state index is 13.0. The van der Waals surface area contributed by atoms with Gasteiger partial charge in [-0.1, -0.05) is 35.0 Å². The van der Waals surface area contributed by atoms with Crippen LogP contribution in [-0.4, -0.2) is 21.2 Å². The van der Waals surface area contributed by atoms with Crippen molar-refractivity contribution in [2.24, 2.45) is 0 Å². The highest BCUT2D eigenvalue weighted by molar-refractivity contribution is 7.16. The molecule has 1 fully saturated rings. The van der Waals surface area contributed by atoms with Gasteiger partial charge in [-0.05, 0) is 50.1 Å². The molecule has 0 atom stereocenters.